The van der Waals surface area contributed by atoms with Gasteiger partial charge in [-0.1, -0.05) is 30.1 Å². The number of pyridine rings is 1. The number of amides is 1. The molecule has 6 nitrogen and oxygen atoms in total. The Labute approximate surface area is 169 Å². The molecule has 1 atom stereocenters. The molecule has 1 heterocycles. The lowest BCUT2D eigenvalue weighted by atomic mass is 10.0. The smallest absolute Gasteiger partial charge is 0.437 e. The van der Waals surface area contributed by atoms with Crippen molar-refractivity contribution in [3.8, 4) is 17.1 Å². The van der Waals surface area contributed by atoms with Gasteiger partial charge in [0.15, 0.2) is 0 Å². The number of carbonyl (C=O) groups is 2. The van der Waals surface area contributed by atoms with Crippen molar-refractivity contribution in [2.75, 3.05) is 12.4 Å². The van der Waals surface area contributed by atoms with E-state index in [4.69, 9.17) is 27.9 Å². The maximum Gasteiger partial charge on any atom is 0.514 e. The second-order valence-electron chi connectivity index (χ2n) is 5.61. The van der Waals surface area contributed by atoms with Crippen LogP contribution in [0.15, 0.2) is 18.2 Å². The van der Waals surface area contributed by atoms with Crippen LogP contribution in [0.3, 0.4) is 0 Å². The first-order valence-electron chi connectivity index (χ1n) is 8.05. The number of anilines is 1. The van der Waals surface area contributed by atoms with Crippen LogP contribution in [0.1, 0.15) is 32.0 Å². The highest BCUT2D eigenvalue weighted by Gasteiger charge is 2.24. The maximum atomic E-state index is 15.0. The predicted molar refractivity (Wildman–Crippen MR) is 101 cm³/mol. The van der Waals surface area contributed by atoms with Crippen LogP contribution < -0.4 is 10.1 Å². The number of halogens is 4. The third-order valence-corrected chi connectivity index (χ3v) is 4.35. The zero-order valence-corrected chi connectivity index (χ0v) is 16.6. The van der Waals surface area contributed by atoms with Crippen LogP contribution in [0.25, 0.3) is 11.3 Å². The number of alkyl halides is 1. The average Bonchev–Trinajstić information content (AvgIpc) is 2.64. The van der Waals surface area contributed by atoms with E-state index in [-0.39, 0.29) is 39.0 Å². The molecule has 0 saturated heterocycles. The minimum absolute atomic E-state index is 0.0151. The molecule has 2 aromatic rings. The minimum Gasteiger partial charge on any atom is -0.437 e. The van der Waals surface area contributed by atoms with Crippen LogP contribution in [0.2, 0.25) is 10.0 Å². The van der Waals surface area contributed by atoms with Gasteiger partial charge in [-0.25, -0.2) is 18.6 Å². The molecule has 2 rings (SSSR count). The number of hydrogen-bond acceptors (Lipinski definition) is 5. The van der Waals surface area contributed by atoms with Crippen LogP contribution in [-0.4, -0.2) is 24.2 Å². The molecular formula is C18H16Cl2F2N2O4. The summed E-state index contributed by atoms with van der Waals surface area (Å²) in [7, 11) is 1.08. The largest absolute Gasteiger partial charge is 0.514 e. The van der Waals surface area contributed by atoms with Gasteiger partial charge in [-0.3, -0.25) is 4.79 Å². The van der Waals surface area contributed by atoms with E-state index in [1.165, 1.54) is 25.1 Å². The van der Waals surface area contributed by atoms with Crippen molar-refractivity contribution < 1.29 is 27.8 Å². The Morgan fingerprint density at radius 3 is 2.57 bits per heavy atom. The first-order valence-corrected chi connectivity index (χ1v) is 8.81. The Balaban J connectivity index is 2.69. The Bertz CT molecular complexity index is 925. The van der Waals surface area contributed by atoms with Crippen molar-refractivity contribution in [3.63, 3.8) is 0 Å². The molecule has 0 radical (unpaired) electrons. The lowest BCUT2D eigenvalue weighted by Gasteiger charge is -2.15. The molecule has 1 aromatic carbocycles. The Morgan fingerprint density at radius 2 is 2.00 bits per heavy atom. The zero-order chi connectivity index (χ0) is 21.0. The third kappa shape index (κ3) is 4.69. The lowest BCUT2D eigenvalue weighted by molar-refractivity contribution is -0.114. The molecule has 1 amide bonds. The number of nitrogens with one attached hydrogen (secondary N) is 1. The third-order valence-electron chi connectivity index (χ3n) is 3.66. The number of rotatable bonds is 5. The van der Waals surface area contributed by atoms with Crippen LogP contribution in [0.5, 0.6) is 5.88 Å². The molecule has 0 aliphatic heterocycles. The van der Waals surface area contributed by atoms with E-state index in [9.17, 15) is 18.4 Å². The zero-order valence-electron chi connectivity index (χ0n) is 15.1. The molecule has 10 heteroatoms. The molecule has 0 saturated carbocycles. The molecule has 0 aliphatic rings. The molecule has 0 aliphatic carbocycles. The van der Waals surface area contributed by atoms with Crippen LogP contribution in [0, 0.1) is 5.82 Å². The van der Waals surface area contributed by atoms with E-state index in [2.05, 4.69) is 15.0 Å². The monoisotopic (exact) mass is 432 g/mol. The maximum absolute atomic E-state index is 15.0. The fourth-order valence-corrected chi connectivity index (χ4v) is 2.82. The van der Waals surface area contributed by atoms with Gasteiger partial charge in [-0.15, -0.1) is 0 Å². The van der Waals surface area contributed by atoms with Crippen molar-refractivity contribution in [3.05, 3.63) is 39.6 Å². The first-order chi connectivity index (χ1) is 13.2. The fourth-order valence-electron chi connectivity index (χ4n) is 2.37. The van der Waals surface area contributed by atoms with Crippen molar-refractivity contribution in [2.24, 2.45) is 0 Å². The molecule has 150 valence electrons. The van der Waals surface area contributed by atoms with Gasteiger partial charge in [0.2, 0.25) is 11.8 Å². The van der Waals surface area contributed by atoms with E-state index < -0.39 is 29.9 Å². The Morgan fingerprint density at radius 1 is 1.32 bits per heavy atom. The molecule has 0 bridgehead atoms. The highest BCUT2D eigenvalue weighted by atomic mass is 35.5. The molecular weight excluding hydrogens is 417 g/mol. The van der Waals surface area contributed by atoms with Crippen molar-refractivity contribution in [1.29, 1.82) is 0 Å². The van der Waals surface area contributed by atoms with Crippen LogP contribution in [0.4, 0.5) is 19.3 Å². The molecule has 1 aromatic heterocycles. The van der Waals surface area contributed by atoms with E-state index in [0.717, 1.165) is 7.11 Å². The second-order valence-corrected chi connectivity index (χ2v) is 6.40. The normalized spacial score (nSPS) is 11.7. The van der Waals surface area contributed by atoms with Crippen molar-refractivity contribution in [2.45, 2.75) is 26.4 Å². The molecule has 28 heavy (non-hydrogen) atoms. The Kier molecular flexibility index (Phi) is 7.15. The van der Waals surface area contributed by atoms with E-state index in [0.29, 0.717) is 0 Å². The summed E-state index contributed by atoms with van der Waals surface area (Å²) in [5.74, 6) is -1.82. The quantitative estimate of drug-likeness (QED) is 0.611. The molecule has 0 fully saturated rings. The van der Waals surface area contributed by atoms with Crippen LogP contribution >= 0.6 is 23.2 Å². The molecule has 1 unspecified atom stereocenters. The average molecular weight is 433 g/mol. The highest BCUT2D eigenvalue weighted by molar-refractivity contribution is 6.35. The standard InChI is InChI=1S/C18H16Cl2F2N2O4/c1-4-11(21)14-10(19)6-5-9(16(14)22)12-7-13(23-8(2)25)15(20)17(24-12)28-18(26)27-3/h5-7,11H,4H2,1-3H3,(H,23,24,25). The number of ether oxygens (including phenoxy) is 2. The SMILES string of the molecule is CCC(F)c1c(Cl)ccc(-c2cc(NC(C)=O)c(Cl)c(OC(=O)OC)n2)c1F. The van der Waals surface area contributed by atoms with Gasteiger partial charge in [0, 0.05) is 23.1 Å². The van der Waals surface area contributed by atoms with Gasteiger partial charge in [0.05, 0.1) is 18.5 Å². The summed E-state index contributed by atoms with van der Waals surface area (Å²) in [6.45, 7) is 2.78. The predicted octanol–water partition coefficient (Wildman–Crippen LogP) is 5.72. The first kappa shape index (κ1) is 21.8. The van der Waals surface area contributed by atoms with Gasteiger partial charge in [-0.05, 0) is 24.6 Å². The number of carbonyl (C=O) groups excluding carboxylic acids is 2. The highest BCUT2D eigenvalue weighted by Crippen LogP contribution is 2.39. The van der Waals surface area contributed by atoms with E-state index in [1.807, 2.05) is 0 Å². The van der Waals surface area contributed by atoms with Gasteiger partial charge in [0.1, 0.15) is 17.0 Å². The summed E-state index contributed by atoms with van der Waals surface area (Å²) in [5, 5.41) is 2.16. The topological polar surface area (TPSA) is 77.5 Å². The van der Waals surface area contributed by atoms with E-state index >= 15 is 0 Å². The fraction of sp³-hybridized carbons (Fsp3) is 0.278. The van der Waals surface area contributed by atoms with Crippen LogP contribution in [-0.2, 0) is 9.53 Å². The van der Waals surface area contributed by atoms with Gasteiger partial charge in [-0.2, -0.15) is 0 Å². The van der Waals surface area contributed by atoms with Crippen molar-refractivity contribution in [1.82, 2.24) is 4.98 Å². The summed E-state index contributed by atoms with van der Waals surface area (Å²) in [4.78, 5) is 26.9. The molecule has 0 spiro atoms. The summed E-state index contributed by atoms with van der Waals surface area (Å²) in [5.41, 5.74) is -0.476. The van der Waals surface area contributed by atoms with Gasteiger partial charge in [0.25, 0.3) is 0 Å². The number of benzene rings is 1. The molecule has 1 N–H and O–H groups in total. The van der Waals surface area contributed by atoms with E-state index in [1.54, 1.807) is 6.92 Å². The summed E-state index contributed by atoms with van der Waals surface area (Å²) in [6.07, 6.45) is -2.73. The Hall–Kier alpha value is -2.45. The number of hydrogen-bond donors (Lipinski definition) is 1. The number of methoxy groups -OCH3 is 1. The summed E-state index contributed by atoms with van der Waals surface area (Å²) >= 11 is 12.0. The van der Waals surface area contributed by atoms with Gasteiger partial charge >= 0.3 is 6.16 Å². The summed E-state index contributed by atoms with van der Waals surface area (Å²) < 4.78 is 38.4. The van der Waals surface area contributed by atoms with Gasteiger partial charge < -0.3 is 14.8 Å². The second kappa shape index (κ2) is 9.16. The minimum atomic E-state index is -1.62. The van der Waals surface area contributed by atoms with Crippen molar-refractivity contribution >= 4 is 41.0 Å². The number of nitrogens with zero attached hydrogens (tertiary/aromatic N) is 1. The number of aromatic nitrogens is 1. The summed E-state index contributed by atoms with van der Waals surface area (Å²) in [6, 6.07) is 3.88. The lowest BCUT2D eigenvalue weighted by Crippen LogP contribution is -2.12.